The van der Waals surface area contributed by atoms with Crippen LogP contribution in [-0.2, 0) is 6.54 Å². The van der Waals surface area contributed by atoms with Gasteiger partial charge < -0.3 is 4.90 Å². The van der Waals surface area contributed by atoms with Gasteiger partial charge in [-0.1, -0.05) is 18.2 Å². The third kappa shape index (κ3) is 2.49. The van der Waals surface area contributed by atoms with Gasteiger partial charge in [-0.25, -0.2) is 0 Å². The molecule has 0 saturated carbocycles. The molecule has 0 aliphatic carbocycles. The molecule has 0 spiro atoms. The van der Waals surface area contributed by atoms with Crippen LogP contribution in [0.25, 0.3) is 10.9 Å². The van der Waals surface area contributed by atoms with Gasteiger partial charge in [-0.15, -0.1) is 0 Å². The van der Waals surface area contributed by atoms with Gasteiger partial charge in [-0.2, -0.15) is 0 Å². The number of aromatic nitrogens is 1. The summed E-state index contributed by atoms with van der Waals surface area (Å²) in [5.74, 6) is 0. The zero-order chi connectivity index (χ0) is 11.5. The predicted octanol–water partition coefficient (Wildman–Crippen LogP) is 3.22. The molecule has 2 rings (SSSR count). The number of rotatable bonds is 2. The van der Waals surface area contributed by atoms with E-state index in [0.29, 0.717) is 6.54 Å². The number of pyridine rings is 1. The van der Waals surface area contributed by atoms with Crippen LogP contribution in [0.1, 0.15) is 5.56 Å². The van der Waals surface area contributed by atoms with Gasteiger partial charge in [0.05, 0.1) is 5.52 Å². The van der Waals surface area contributed by atoms with Crippen LogP contribution in [0, 0.1) is 0 Å². The summed E-state index contributed by atoms with van der Waals surface area (Å²) >= 11 is 1.78. The summed E-state index contributed by atoms with van der Waals surface area (Å²) in [7, 11) is 1.78. The maximum atomic E-state index is 11.1. The minimum Gasteiger partial charge on any atom is -0.333 e. The van der Waals surface area contributed by atoms with Crippen LogP contribution in [0.15, 0.2) is 36.5 Å². The van der Waals surface area contributed by atoms with E-state index in [0.717, 1.165) is 16.5 Å². The van der Waals surface area contributed by atoms with E-state index in [1.165, 1.54) is 0 Å². The Morgan fingerprint density at radius 1 is 1.44 bits per heavy atom. The Labute approximate surface area is 108 Å². The van der Waals surface area contributed by atoms with Crippen LogP contribution in [0.4, 0.5) is 4.79 Å². The van der Waals surface area contributed by atoms with Crippen molar-refractivity contribution in [3.8, 4) is 0 Å². The topological polar surface area (TPSA) is 33.2 Å². The number of hydrogen-bond donors (Lipinski definition) is 0. The fourth-order valence-corrected chi connectivity index (χ4v) is 1.71. The highest BCUT2D eigenvalue weighted by Gasteiger charge is 2.05. The predicted molar refractivity (Wildman–Crippen MR) is 72.6 cm³/mol. The number of benzene rings is 1. The van der Waals surface area contributed by atoms with E-state index in [1.54, 1.807) is 34.5 Å². The Kier molecular flexibility index (Phi) is 3.38. The number of amides is 1. The molecule has 0 unspecified atom stereocenters. The van der Waals surface area contributed by atoms with Crippen molar-refractivity contribution in [3.05, 3.63) is 42.1 Å². The second kappa shape index (κ2) is 4.78. The molecule has 1 aromatic carbocycles. The van der Waals surface area contributed by atoms with Crippen LogP contribution in [0.5, 0.6) is 0 Å². The van der Waals surface area contributed by atoms with Gasteiger partial charge in [0.1, 0.15) is 0 Å². The molecule has 0 fully saturated rings. The number of nitrogens with zero attached hydrogens (tertiary/aromatic N) is 2. The van der Waals surface area contributed by atoms with E-state index in [9.17, 15) is 4.79 Å². The van der Waals surface area contributed by atoms with E-state index < -0.39 is 0 Å². The molecule has 0 aliphatic heterocycles. The molecule has 82 valence electrons. The van der Waals surface area contributed by atoms with Crippen molar-refractivity contribution in [3.63, 3.8) is 0 Å². The number of halogens is 1. The monoisotopic (exact) mass is 326 g/mol. The van der Waals surface area contributed by atoms with Crippen molar-refractivity contribution in [2.75, 3.05) is 7.05 Å². The molecule has 16 heavy (non-hydrogen) atoms. The highest BCUT2D eigenvalue weighted by atomic mass is 127. The molecular weight excluding hydrogens is 315 g/mol. The van der Waals surface area contributed by atoms with Gasteiger partial charge in [-0.3, -0.25) is 9.78 Å². The lowest BCUT2D eigenvalue weighted by molar-refractivity contribution is 0.235. The van der Waals surface area contributed by atoms with Crippen molar-refractivity contribution < 1.29 is 4.79 Å². The SMILES string of the molecule is CN(Cc1cnc2ccccc2c1)C(=O)I. The van der Waals surface area contributed by atoms with Gasteiger partial charge in [0.2, 0.25) is 0 Å². The molecule has 1 heterocycles. The molecule has 0 bridgehead atoms. The van der Waals surface area contributed by atoms with Crippen LogP contribution >= 0.6 is 22.6 Å². The van der Waals surface area contributed by atoms with Gasteiger partial charge >= 0.3 is 0 Å². The maximum absolute atomic E-state index is 11.1. The highest BCUT2D eigenvalue weighted by Crippen LogP contribution is 2.14. The Hall–Kier alpha value is -1.17. The van der Waals surface area contributed by atoms with E-state index in [1.807, 2.05) is 30.5 Å². The zero-order valence-electron chi connectivity index (χ0n) is 8.85. The van der Waals surface area contributed by atoms with Crippen LogP contribution in [0.3, 0.4) is 0 Å². The van der Waals surface area contributed by atoms with Crippen LogP contribution in [-0.4, -0.2) is 20.8 Å². The normalized spacial score (nSPS) is 10.4. The minimum absolute atomic E-state index is 0.0331. The van der Waals surface area contributed by atoms with Crippen molar-refractivity contribution in [1.82, 2.24) is 9.88 Å². The van der Waals surface area contributed by atoms with E-state index in [-0.39, 0.29) is 3.91 Å². The minimum atomic E-state index is 0.0331. The van der Waals surface area contributed by atoms with Crippen molar-refractivity contribution in [2.24, 2.45) is 0 Å². The number of para-hydroxylation sites is 1. The molecule has 2 aromatic rings. The lowest BCUT2D eigenvalue weighted by Crippen LogP contribution is -2.19. The first-order valence-corrected chi connectivity index (χ1v) is 5.99. The lowest BCUT2D eigenvalue weighted by atomic mass is 10.1. The first-order chi connectivity index (χ1) is 7.66. The van der Waals surface area contributed by atoms with Crippen LogP contribution < -0.4 is 0 Å². The van der Waals surface area contributed by atoms with Gasteiger partial charge in [0, 0.05) is 47.8 Å². The number of carbonyl (C=O) groups is 1. The molecule has 4 heteroatoms. The van der Waals surface area contributed by atoms with Crippen molar-refractivity contribution in [2.45, 2.75) is 6.54 Å². The summed E-state index contributed by atoms with van der Waals surface area (Å²) in [6.45, 7) is 0.597. The zero-order valence-corrected chi connectivity index (χ0v) is 11.0. The molecule has 1 amide bonds. The fraction of sp³-hybridized carbons (Fsp3) is 0.167. The smallest absolute Gasteiger partial charge is 0.283 e. The molecule has 0 N–H and O–H groups in total. The number of carbonyl (C=O) groups excluding carboxylic acids is 1. The maximum Gasteiger partial charge on any atom is 0.283 e. The first kappa shape index (κ1) is 11.3. The summed E-state index contributed by atoms with van der Waals surface area (Å²) < 4.78 is 0.0331. The first-order valence-electron chi connectivity index (χ1n) is 4.91. The second-order valence-corrected chi connectivity index (χ2v) is 4.57. The highest BCUT2D eigenvalue weighted by molar-refractivity contribution is 14.1. The fourth-order valence-electron chi connectivity index (χ4n) is 1.54. The molecule has 0 saturated heterocycles. The average Bonchev–Trinajstić information content (AvgIpc) is 2.28. The van der Waals surface area contributed by atoms with Gasteiger partial charge in [0.15, 0.2) is 0 Å². The number of fused-ring (bicyclic) bond motifs is 1. The summed E-state index contributed by atoms with van der Waals surface area (Å²) in [5.41, 5.74) is 2.03. The summed E-state index contributed by atoms with van der Waals surface area (Å²) in [6, 6.07) is 10.0. The van der Waals surface area contributed by atoms with Crippen molar-refractivity contribution >= 4 is 37.4 Å². The van der Waals surface area contributed by atoms with Crippen LogP contribution in [0.2, 0.25) is 0 Å². The summed E-state index contributed by atoms with van der Waals surface area (Å²) in [6.07, 6.45) is 1.82. The molecule has 0 aliphatic rings. The Morgan fingerprint density at radius 3 is 2.94 bits per heavy atom. The molecule has 0 atom stereocenters. The molecule has 1 aromatic heterocycles. The largest absolute Gasteiger partial charge is 0.333 e. The van der Waals surface area contributed by atoms with Gasteiger partial charge in [0.25, 0.3) is 3.91 Å². The van der Waals surface area contributed by atoms with Crippen molar-refractivity contribution in [1.29, 1.82) is 0 Å². The Morgan fingerprint density at radius 2 is 2.19 bits per heavy atom. The third-order valence-electron chi connectivity index (χ3n) is 2.37. The molecular formula is C12H11IN2O. The Balaban J connectivity index is 2.29. The molecule has 3 nitrogen and oxygen atoms in total. The van der Waals surface area contributed by atoms with E-state index in [2.05, 4.69) is 11.1 Å². The number of hydrogen-bond acceptors (Lipinski definition) is 2. The summed E-state index contributed by atoms with van der Waals surface area (Å²) in [4.78, 5) is 17.1. The summed E-state index contributed by atoms with van der Waals surface area (Å²) in [5, 5.41) is 1.11. The average molecular weight is 326 g/mol. The quantitative estimate of drug-likeness (QED) is 0.482. The lowest BCUT2D eigenvalue weighted by Gasteiger charge is -2.13. The van der Waals surface area contributed by atoms with E-state index >= 15 is 0 Å². The Bertz CT molecular complexity index is 527. The van der Waals surface area contributed by atoms with Gasteiger partial charge in [-0.05, 0) is 17.7 Å². The van der Waals surface area contributed by atoms with E-state index in [4.69, 9.17) is 0 Å². The standard InChI is InChI=1S/C12H11IN2O/c1-15(12(13)16)8-9-6-10-4-2-3-5-11(10)14-7-9/h2-7H,8H2,1H3. The third-order valence-corrected chi connectivity index (χ3v) is 3.19. The second-order valence-electron chi connectivity index (χ2n) is 3.65. The molecule has 0 radical (unpaired) electrons.